The predicted octanol–water partition coefficient (Wildman–Crippen LogP) is 3.32. The highest BCUT2D eigenvalue weighted by atomic mass is 16.6. The summed E-state index contributed by atoms with van der Waals surface area (Å²) in [5, 5.41) is 8.69. The van der Waals surface area contributed by atoms with Gasteiger partial charge in [-0.05, 0) is 44.9 Å². The number of ether oxygens (including phenoxy) is 1. The van der Waals surface area contributed by atoms with E-state index in [9.17, 15) is 4.79 Å². The van der Waals surface area contributed by atoms with Crippen LogP contribution in [0.5, 0.6) is 0 Å². The maximum absolute atomic E-state index is 12.5. The first kappa shape index (κ1) is 20.1. The lowest BCUT2D eigenvalue weighted by atomic mass is 10.0. The van der Waals surface area contributed by atoms with Gasteiger partial charge >= 0.3 is 6.09 Å². The van der Waals surface area contributed by atoms with Gasteiger partial charge in [0, 0.05) is 30.2 Å². The lowest BCUT2D eigenvalue weighted by molar-refractivity contribution is 0.0289. The van der Waals surface area contributed by atoms with Crippen LogP contribution < -0.4 is 11.5 Å². The number of hydrogen-bond donors (Lipinski definition) is 3. The molecule has 1 amide bonds. The number of nitrogens with zero attached hydrogens (tertiary/aromatic N) is 5. The second kappa shape index (κ2) is 7.11. The number of nitrogens with two attached hydrogens (primary N) is 2. The molecule has 4 aromatic rings. The second-order valence-corrected chi connectivity index (χ2v) is 9.15. The van der Waals surface area contributed by atoms with Gasteiger partial charge in [-0.15, -0.1) is 0 Å². The summed E-state index contributed by atoms with van der Waals surface area (Å²) in [6, 6.07) is 5.97. The molecular weight excluding hydrogens is 408 g/mol. The van der Waals surface area contributed by atoms with Crippen molar-refractivity contribution in [3.63, 3.8) is 0 Å². The summed E-state index contributed by atoms with van der Waals surface area (Å²) >= 11 is 0. The quantitative estimate of drug-likeness (QED) is 0.439. The Morgan fingerprint density at radius 3 is 2.81 bits per heavy atom. The molecule has 0 bridgehead atoms. The summed E-state index contributed by atoms with van der Waals surface area (Å²) in [5.41, 5.74) is 15.1. The lowest BCUT2D eigenvalue weighted by Gasteiger charge is -2.24. The Bertz CT molecular complexity index is 1330. The highest BCUT2D eigenvalue weighted by molar-refractivity contribution is 6.02. The molecule has 3 aromatic heterocycles. The number of fused-ring (bicyclic) bond motifs is 2. The molecule has 0 radical (unpaired) electrons. The largest absolute Gasteiger partial charge is 0.444 e. The monoisotopic (exact) mass is 434 g/mol. The number of carbonyl (C=O) groups is 1. The van der Waals surface area contributed by atoms with Gasteiger partial charge in [0.15, 0.2) is 5.82 Å². The van der Waals surface area contributed by atoms with Gasteiger partial charge in [-0.3, -0.25) is 5.10 Å². The highest BCUT2D eigenvalue weighted by Gasteiger charge is 2.32. The summed E-state index contributed by atoms with van der Waals surface area (Å²) in [7, 11) is 0. The van der Waals surface area contributed by atoms with E-state index in [4.69, 9.17) is 16.2 Å². The van der Waals surface area contributed by atoms with Crippen LogP contribution in [0.3, 0.4) is 0 Å². The summed E-state index contributed by atoms with van der Waals surface area (Å²) in [6.07, 6.45) is 4.01. The predicted molar refractivity (Wildman–Crippen MR) is 123 cm³/mol. The number of carbonyl (C=O) groups excluding carboxylic acids is 1. The zero-order valence-electron chi connectivity index (χ0n) is 18.3. The van der Waals surface area contributed by atoms with E-state index in [2.05, 4.69) is 24.7 Å². The van der Waals surface area contributed by atoms with Gasteiger partial charge in [0.05, 0.1) is 16.9 Å². The van der Waals surface area contributed by atoms with Crippen LogP contribution in [-0.2, 0) is 4.74 Å². The Labute approximate surface area is 184 Å². The third-order valence-corrected chi connectivity index (χ3v) is 5.75. The minimum absolute atomic E-state index is 0.0552. The van der Waals surface area contributed by atoms with Crippen LogP contribution >= 0.6 is 0 Å². The Morgan fingerprint density at radius 2 is 2.03 bits per heavy atom. The zero-order chi connectivity index (χ0) is 22.6. The van der Waals surface area contributed by atoms with Crippen molar-refractivity contribution in [1.29, 1.82) is 0 Å². The molecule has 1 atom stereocenters. The molecule has 166 valence electrons. The third-order valence-electron chi connectivity index (χ3n) is 5.75. The molecule has 1 aliphatic heterocycles. The number of hydrogen-bond acceptors (Lipinski definition) is 7. The molecule has 10 heteroatoms. The average molecular weight is 435 g/mol. The molecule has 1 fully saturated rings. The number of benzene rings is 1. The smallest absolute Gasteiger partial charge is 0.410 e. The minimum Gasteiger partial charge on any atom is -0.444 e. The topological polar surface area (TPSA) is 141 Å². The highest BCUT2D eigenvalue weighted by Crippen LogP contribution is 2.37. The van der Waals surface area contributed by atoms with E-state index in [-0.39, 0.29) is 12.1 Å². The van der Waals surface area contributed by atoms with E-state index in [1.54, 1.807) is 4.90 Å². The maximum atomic E-state index is 12.5. The van der Waals surface area contributed by atoms with Crippen LogP contribution in [0, 0.1) is 0 Å². The van der Waals surface area contributed by atoms with Gasteiger partial charge in [0.25, 0.3) is 0 Å². The molecule has 0 saturated carbocycles. The molecule has 32 heavy (non-hydrogen) atoms. The van der Waals surface area contributed by atoms with Crippen molar-refractivity contribution in [1.82, 2.24) is 29.6 Å². The first-order chi connectivity index (χ1) is 15.2. The van der Waals surface area contributed by atoms with Crippen LogP contribution in [-0.4, -0.2) is 54.4 Å². The Kier molecular flexibility index (Phi) is 4.47. The van der Waals surface area contributed by atoms with Crippen molar-refractivity contribution < 1.29 is 9.53 Å². The van der Waals surface area contributed by atoms with Gasteiger partial charge in [0.1, 0.15) is 23.4 Å². The molecule has 1 unspecified atom stereocenters. The zero-order valence-corrected chi connectivity index (χ0v) is 18.3. The number of nitrogen functional groups attached to an aromatic ring is 2. The minimum atomic E-state index is -0.529. The fraction of sp³-hybridized carbons (Fsp3) is 0.364. The Morgan fingerprint density at radius 1 is 1.22 bits per heavy atom. The van der Waals surface area contributed by atoms with Gasteiger partial charge in [-0.25, -0.2) is 14.8 Å². The van der Waals surface area contributed by atoms with E-state index in [1.165, 1.54) is 6.33 Å². The summed E-state index contributed by atoms with van der Waals surface area (Å²) in [4.78, 5) is 23.0. The van der Waals surface area contributed by atoms with E-state index in [0.717, 1.165) is 39.5 Å². The van der Waals surface area contributed by atoms with Crippen molar-refractivity contribution in [2.24, 2.45) is 0 Å². The molecule has 5 rings (SSSR count). The lowest BCUT2D eigenvalue weighted by Crippen LogP contribution is -2.35. The first-order valence-corrected chi connectivity index (χ1v) is 10.5. The molecule has 1 aromatic carbocycles. The van der Waals surface area contributed by atoms with Gasteiger partial charge < -0.3 is 25.7 Å². The second-order valence-electron chi connectivity index (χ2n) is 9.15. The molecule has 4 heterocycles. The fourth-order valence-electron chi connectivity index (χ4n) is 4.28. The van der Waals surface area contributed by atoms with Gasteiger partial charge in [-0.2, -0.15) is 5.10 Å². The Balaban J connectivity index is 1.54. The SMILES string of the molecule is CC(C)(C)OC(=O)N1CCC(n2cc(-c3ccc4c(N)n[nH]c4c3)c3c(N)ncnc32)C1. The molecule has 0 aliphatic carbocycles. The number of aromatic nitrogens is 5. The third kappa shape index (κ3) is 3.37. The van der Waals surface area contributed by atoms with E-state index in [1.807, 2.05) is 45.2 Å². The number of anilines is 2. The number of aromatic amines is 1. The number of nitrogens with one attached hydrogen (secondary N) is 1. The summed E-state index contributed by atoms with van der Waals surface area (Å²) in [6.45, 7) is 6.77. The van der Waals surface area contributed by atoms with Gasteiger partial charge in [-0.1, -0.05) is 6.07 Å². The molecule has 10 nitrogen and oxygen atoms in total. The Hall–Kier alpha value is -3.82. The molecule has 5 N–H and O–H groups in total. The van der Waals surface area contributed by atoms with Crippen molar-refractivity contribution in [2.45, 2.75) is 38.8 Å². The van der Waals surface area contributed by atoms with Crippen LogP contribution in [0.2, 0.25) is 0 Å². The van der Waals surface area contributed by atoms with E-state index >= 15 is 0 Å². The molecule has 1 saturated heterocycles. The van der Waals surface area contributed by atoms with Crippen LogP contribution in [0.25, 0.3) is 33.1 Å². The van der Waals surface area contributed by atoms with Crippen molar-refractivity contribution in [3.8, 4) is 11.1 Å². The maximum Gasteiger partial charge on any atom is 0.410 e. The summed E-state index contributed by atoms with van der Waals surface area (Å²) < 4.78 is 7.64. The van der Waals surface area contributed by atoms with Crippen LogP contribution in [0.1, 0.15) is 33.2 Å². The normalized spacial score (nSPS) is 16.8. The standard InChI is InChI=1S/C22H26N8O2/c1-22(2,3)32-21(31)29-7-6-13(9-29)30-10-15(17-19(24)25-11-26-20(17)30)12-4-5-14-16(8-12)27-28-18(14)23/h4-5,8,10-11,13H,6-7,9H2,1-3H3,(H3,23,27,28)(H2,24,25,26). The van der Waals surface area contributed by atoms with Crippen LogP contribution in [0.15, 0.2) is 30.7 Å². The van der Waals surface area contributed by atoms with Crippen LogP contribution in [0.4, 0.5) is 16.4 Å². The molecular formula is C22H26N8O2. The fourth-order valence-corrected chi connectivity index (χ4v) is 4.28. The van der Waals surface area contributed by atoms with Gasteiger partial charge in [0.2, 0.25) is 0 Å². The van der Waals surface area contributed by atoms with Crippen molar-refractivity contribution in [3.05, 3.63) is 30.7 Å². The number of likely N-dealkylation sites (tertiary alicyclic amines) is 1. The molecule has 1 aliphatic rings. The van der Waals surface area contributed by atoms with Crippen molar-refractivity contribution >= 4 is 39.7 Å². The van der Waals surface area contributed by atoms with Crippen molar-refractivity contribution in [2.75, 3.05) is 24.6 Å². The van der Waals surface area contributed by atoms with E-state index in [0.29, 0.717) is 24.7 Å². The molecule has 0 spiro atoms. The number of H-pyrrole nitrogens is 1. The number of rotatable bonds is 2. The number of amides is 1. The summed E-state index contributed by atoms with van der Waals surface area (Å²) in [5.74, 6) is 0.875. The average Bonchev–Trinajstić information content (AvgIpc) is 3.44. The van der Waals surface area contributed by atoms with E-state index < -0.39 is 5.60 Å². The first-order valence-electron chi connectivity index (χ1n) is 10.5.